The first kappa shape index (κ1) is 13.5. The molecule has 0 spiro atoms. The van der Waals surface area contributed by atoms with Gasteiger partial charge >= 0.3 is 5.97 Å². The summed E-state index contributed by atoms with van der Waals surface area (Å²) in [6, 6.07) is 0. The summed E-state index contributed by atoms with van der Waals surface area (Å²) in [6.45, 7) is 0.523. The highest BCUT2D eigenvalue weighted by Gasteiger charge is 2.32. The fraction of sp³-hybridized carbons (Fsp3) is 0.636. The smallest absolute Gasteiger partial charge is 0.334 e. The molecular formula is C11H15N3O5. The first-order valence-electron chi connectivity index (χ1n) is 5.96. The molecule has 1 fully saturated rings. The van der Waals surface area contributed by atoms with Crippen LogP contribution < -0.4 is 0 Å². The number of carbonyl (C=O) groups is 3. The van der Waals surface area contributed by atoms with E-state index in [-0.39, 0.29) is 43.5 Å². The number of carboxylic acids is 1. The first-order chi connectivity index (χ1) is 8.99. The van der Waals surface area contributed by atoms with E-state index in [0.717, 1.165) is 5.01 Å². The van der Waals surface area contributed by atoms with Gasteiger partial charge in [0.15, 0.2) is 6.10 Å². The Bertz CT molecular complexity index is 448. The molecule has 1 N–H and O–H groups in total. The minimum Gasteiger partial charge on any atom is -0.479 e. The molecule has 0 unspecified atom stereocenters. The normalized spacial score (nSPS) is 24.2. The van der Waals surface area contributed by atoms with Gasteiger partial charge in [-0.25, -0.2) is 9.80 Å². The van der Waals surface area contributed by atoms with Crippen molar-refractivity contribution in [3.05, 3.63) is 0 Å². The van der Waals surface area contributed by atoms with Crippen molar-refractivity contribution in [2.45, 2.75) is 18.9 Å². The van der Waals surface area contributed by atoms with E-state index in [1.165, 1.54) is 11.9 Å². The molecule has 104 valence electrons. The van der Waals surface area contributed by atoms with Crippen molar-refractivity contribution in [1.82, 2.24) is 9.91 Å². The molecule has 8 heteroatoms. The van der Waals surface area contributed by atoms with Crippen molar-refractivity contribution in [1.29, 1.82) is 0 Å². The van der Waals surface area contributed by atoms with Gasteiger partial charge in [-0.3, -0.25) is 9.59 Å². The third-order valence-electron chi connectivity index (χ3n) is 3.08. The number of hydrogen-bond donors (Lipinski definition) is 1. The predicted octanol–water partition coefficient (Wildman–Crippen LogP) is -1.09. The van der Waals surface area contributed by atoms with Crippen LogP contribution in [0.15, 0.2) is 5.10 Å². The van der Waals surface area contributed by atoms with Gasteiger partial charge in [0.25, 0.3) is 5.91 Å². The minimum atomic E-state index is -1.09. The molecule has 2 rings (SSSR count). The molecule has 0 bridgehead atoms. The van der Waals surface area contributed by atoms with Gasteiger partial charge in [0.2, 0.25) is 5.91 Å². The second kappa shape index (κ2) is 5.35. The first-order valence-corrected chi connectivity index (χ1v) is 5.96. The van der Waals surface area contributed by atoms with Gasteiger partial charge in [-0.15, -0.1) is 0 Å². The lowest BCUT2D eigenvalue weighted by Crippen LogP contribution is -2.51. The average molecular weight is 269 g/mol. The Morgan fingerprint density at radius 2 is 2.16 bits per heavy atom. The number of morpholine rings is 1. The summed E-state index contributed by atoms with van der Waals surface area (Å²) in [4.78, 5) is 35.7. The Morgan fingerprint density at radius 1 is 1.42 bits per heavy atom. The van der Waals surface area contributed by atoms with E-state index in [1.807, 2.05) is 0 Å². The maximum absolute atomic E-state index is 12.2. The lowest BCUT2D eigenvalue weighted by atomic mass is 10.1. The van der Waals surface area contributed by atoms with Crippen LogP contribution in [0.4, 0.5) is 0 Å². The van der Waals surface area contributed by atoms with Crippen molar-refractivity contribution in [2.75, 3.05) is 26.7 Å². The highest BCUT2D eigenvalue weighted by atomic mass is 16.5. The Hall–Kier alpha value is -1.96. The van der Waals surface area contributed by atoms with Crippen molar-refractivity contribution >= 4 is 23.5 Å². The zero-order valence-electron chi connectivity index (χ0n) is 10.5. The Balaban J connectivity index is 2.05. The lowest BCUT2D eigenvalue weighted by molar-refractivity contribution is -0.157. The molecule has 0 aromatic rings. The number of amides is 2. The molecule has 2 aliphatic heterocycles. The zero-order valence-corrected chi connectivity index (χ0v) is 10.5. The third-order valence-corrected chi connectivity index (χ3v) is 3.08. The summed E-state index contributed by atoms with van der Waals surface area (Å²) in [6.07, 6.45) is -0.466. The van der Waals surface area contributed by atoms with Crippen molar-refractivity contribution in [3.63, 3.8) is 0 Å². The van der Waals surface area contributed by atoms with Crippen LogP contribution in [-0.4, -0.2) is 71.4 Å². The van der Waals surface area contributed by atoms with Crippen molar-refractivity contribution in [3.8, 4) is 0 Å². The molecule has 1 saturated heterocycles. The molecule has 1 atom stereocenters. The van der Waals surface area contributed by atoms with Crippen LogP contribution in [0.5, 0.6) is 0 Å². The molecule has 2 amide bonds. The monoisotopic (exact) mass is 269 g/mol. The van der Waals surface area contributed by atoms with Crippen LogP contribution in [0.1, 0.15) is 12.8 Å². The Labute approximate surface area is 109 Å². The highest BCUT2D eigenvalue weighted by Crippen LogP contribution is 2.12. The number of nitrogens with zero attached hydrogens (tertiary/aromatic N) is 3. The number of hydrazone groups is 1. The lowest BCUT2D eigenvalue weighted by Gasteiger charge is -2.32. The van der Waals surface area contributed by atoms with E-state index in [2.05, 4.69) is 5.10 Å². The molecule has 0 saturated carbocycles. The Morgan fingerprint density at radius 3 is 2.79 bits per heavy atom. The van der Waals surface area contributed by atoms with Gasteiger partial charge in [0.05, 0.1) is 13.2 Å². The minimum absolute atomic E-state index is 0.00481. The van der Waals surface area contributed by atoms with Crippen LogP contribution in [0.25, 0.3) is 0 Å². The highest BCUT2D eigenvalue weighted by molar-refractivity contribution is 6.39. The molecule has 2 aliphatic rings. The number of carboxylic acid groups (broad SMARTS) is 1. The Kier molecular flexibility index (Phi) is 3.79. The second-order valence-corrected chi connectivity index (χ2v) is 4.41. The van der Waals surface area contributed by atoms with Gasteiger partial charge in [-0.1, -0.05) is 0 Å². The number of hydrogen-bond acceptors (Lipinski definition) is 5. The summed E-state index contributed by atoms with van der Waals surface area (Å²) >= 11 is 0. The van der Waals surface area contributed by atoms with Crippen molar-refractivity contribution < 1.29 is 24.2 Å². The summed E-state index contributed by atoms with van der Waals surface area (Å²) in [5.74, 6) is -1.55. The zero-order chi connectivity index (χ0) is 14.0. The number of aliphatic carboxylic acids is 1. The van der Waals surface area contributed by atoms with Gasteiger partial charge in [0, 0.05) is 26.4 Å². The van der Waals surface area contributed by atoms with Gasteiger partial charge < -0.3 is 14.7 Å². The van der Waals surface area contributed by atoms with Gasteiger partial charge in [0.1, 0.15) is 5.71 Å². The van der Waals surface area contributed by atoms with E-state index in [0.29, 0.717) is 6.54 Å². The maximum Gasteiger partial charge on any atom is 0.334 e. The van der Waals surface area contributed by atoms with Crippen LogP contribution in [-0.2, 0) is 19.1 Å². The quantitative estimate of drug-likeness (QED) is 0.686. The third kappa shape index (κ3) is 2.90. The molecule has 8 nitrogen and oxygen atoms in total. The molecule has 0 aromatic heterocycles. The summed E-state index contributed by atoms with van der Waals surface area (Å²) < 4.78 is 5.05. The number of ether oxygens (including phenoxy) is 1. The van der Waals surface area contributed by atoms with Gasteiger partial charge in [-0.2, -0.15) is 5.10 Å². The van der Waals surface area contributed by atoms with Gasteiger partial charge in [-0.05, 0) is 0 Å². The van der Waals surface area contributed by atoms with E-state index >= 15 is 0 Å². The molecular weight excluding hydrogens is 254 g/mol. The number of carbonyl (C=O) groups excluding carboxylic acids is 2. The fourth-order valence-corrected chi connectivity index (χ4v) is 1.99. The standard InChI is InChI=1S/C11H15N3O5/c1-13-9(15)3-2-7(12-13)10(16)14-4-5-19-8(6-14)11(17)18/h8H,2-6H2,1H3,(H,17,18)/t8-/m1/s1. The average Bonchev–Trinajstić information content (AvgIpc) is 2.41. The van der Waals surface area contributed by atoms with E-state index in [1.54, 1.807) is 0 Å². The van der Waals surface area contributed by atoms with Crippen LogP contribution in [0, 0.1) is 0 Å². The maximum atomic E-state index is 12.2. The SMILES string of the molecule is CN1N=C(C(=O)N2CCO[C@@H](C(=O)O)C2)CCC1=O. The summed E-state index contributed by atoms with van der Waals surface area (Å²) in [5, 5.41) is 14.0. The fourth-order valence-electron chi connectivity index (χ4n) is 1.99. The number of rotatable bonds is 2. The van der Waals surface area contributed by atoms with Crippen molar-refractivity contribution in [2.24, 2.45) is 5.10 Å². The summed E-state index contributed by atoms with van der Waals surface area (Å²) in [7, 11) is 1.49. The largest absolute Gasteiger partial charge is 0.479 e. The molecule has 2 heterocycles. The topological polar surface area (TPSA) is 99.5 Å². The van der Waals surface area contributed by atoms with E-state index < -0.39 is 12.1 Å². The molecule has 19 heavy (non-hydrogen) atoms. The summed E-state index contributed by atoms with van der Waals surface area (Å²) in [5.41, 5.74) is 0.285. The predicted molar refractivity (Wildman–Crippen MR) is 63.4 cm³/mol. The van der Waals surface area contributed by atoms with E-state index in [9.17, 15) is 14.4 Å². The second-order valence-electron chi connectivity index (χ2n) is 4.41. The molecule has 0 aliphatic carbocycles. The van der Waals surface area contributed by atoms with E-state index in [4.69, 9.17) is 9.84 Å². The van der Waals surface area contributed by atoms with Crippen LogP contribution in [0.3, 0.4) is 0 Å². The molecule has 0 radical (unpaired) electrons. The van der Waals surface area contributed by atoms with Crippen LogP contribution in [0.2, 0.25) is 0 Å². The van der Waals surface area contributed by atoms with Crippen LogP contribution >= 0.6 is 0 Å². The molecule has 0 aromatic carbocycles.